The number of rotatable bonds is 6. The van der Waals surface area contributed by atoms with Gasteiger partial charge in [0.1, 0.15) is 0 Å². The Labute approximate surface area is 136 Å². The third kappa shape index (κ3) is 5.14. The Hall–Kier alpha value is -0.790. The van der Waals surface area contributed by atoms with Gasteiger partial charge in [-0.1, -0.05) is 58.4 Å². The molecule has 0 amide bonds. The molecule has 0 aromatic heterocycles. The first-order valence-corrected chi connectivity index (χ1v) is 9.53. The third-order valence-electron chi connectivity index (χ3n) is 6.08. The van der Waals surface area contributed by atoms with E-state index in [0.29, 0.717) is 11.5 Å². The van der Waals surface area contributed by atoms with Crippen LogP contribution in [0.5, 0.6) is 0 Å². The molecule has 2 aliphatic carbocycles. The number of carbonyl (C=O) groups is 1. The first kappa shape index (κ1) is 17.6. The second kappa shape index (κ2) is 8.74. The quantitative estimate of drug-likeness (QED) is 0.628. The van der Waals surface area contributed by atoms with Crippen LogP contribution in [0.2, 0.25) is 0 Å². The molecular weight excluding hydrogens is 272 g/mol. The molecule has 0 spiro atoms. The van der Waals surface area contributed by atoms with Crippen molar-refractivity contribution in [2.24, 2.45) is 23.7 Å². The van der Waals surface area contributed by atoms with Crippen LogP contribution < -0.4 is 0 Å². The molecule has 2 rings (SSSR count). The monoisotopic (exact) mass is 306 g/mol. The van der Waals surface area contributed by atoms with E-state index in [1.165, 1.54) is 51.4 Å². The maximum Gasteiger partial charge on any atom is 0.331 e. The van der Waals surface area contributed by atoms with E-state index in [9.17, 15) is 9.90 Å². The van der Waals surface area contributed by atoms with Crippen molar-refractivity contribution in [3.8, 4) is 0 Å². The average Bonchev–Trinajstić information content (AvgIpc) is 2.52. The molecule has 0 aromatic carbocycles. The van der Waals surface area contributed by atoms with Crippen LogP contribution in [0.3, 0.4) is 0 Å². The molecule has 0 aromatic rings. The molecule has 22 heavy (non-hydrogen) atoms. The second-order valence-electron chi connectivity index (χ2n) is 7.79. The first-order chi connectivity index (χ1) is 10.6. The highest BCUT2D eigenvalue weighted by atomic mass is 16.4. The zero-order valence-corrected chi connectivity index (χ0v) is 14.5. The lowest BCUT2D eigenvalue weighted by Gasteiger charge is -2.31. The highest BCUT2D eigenvalue weighted by Crippen LogP contribution is 2.38. The van der Waals surface area contributed by atoms with Crippen molar-refractivity contribution in [3.05, 3.63) is 11.6 Å². The van der Waals surface area contributed by atoms with Crippen molar-refractivity contribution in [1.82, 2.24) is 0 Å². The number of aliphatic carboxylic acids is 1. The summed E-state index contributed by atoms with van der Waals surface area (Å²) in [5.41, 5.74) is 0.683. The van der Waals surface area contributed by atoms with E-state index in [1.807, 2.05) is 13.0 Å². The van der Waals surface area contributed by atoms with E-state index < -0.39 is 5.97 Å². The molecule has 1 N–H and O–H groups in total. The highest BCUT2D eigenvalue weighted by Gasteiger charge is 2.27. The van der Waals surface area contributed by atoms with Gasteiger partial charge in [0.05, 0.1) is 0 Å². The van der Waals surface area contributed by atoms with Gasteiger partial charge in [-0.05, 0) is 55.8 Å². The normalized spacial score (nSPS) is 33.6. The number of carboxylic acid groups (broad SMARTS) is 1. The van der Waals surface area contributed by atoms with Crippen LogP contribution in [-0.4, -0.2) is 11.1 Å². The molecule has 0 unspecified atom stereocenters. The van der Waals surface area contributed by atoms with Gasteiger partial charge in [-0.25, -0.2) is 4.79 Å². The number of allylic oxidation sites excluding steroid dienone is 1. The van der Waals surface area contributed by atoms with Gasteiger partial charge in [0.25, 0.3) is 0 Å². The first-order valence-electron chi connectivity index (χ1n) is 9.53. The van der Waals surface area contributed by atoms with E-state index in [1.54, 1.807) is 0 Å². The topological polar surface area (TPSA) is 37.3 Å². The zero-order chi connectivity index (χ0) is 15.9. The van der Waals surface area contributed by atoms with Gasteiger partial charge in [0.15, 0.2) is 0 Å². The minimum Gasteiger partial charge on any atom is -0.478 e. The molecule has 2 nitrogen and oxygen atoms in total. The van der Waals surface area contributed by atoms with Gasteiger partial charge < -0.3 is 5.11 Å². The smallest absolute Gasteiger partial charge is 0.331 e. The van der Waals surface area contributed by atoms with E-state index in [4.69, 9.17) is 0 Å². The third-order valence-corrected chi connectivity index (χ3v) is 6.08. The summed E-state index contributed by atoms with van der Waals surface area (Å²) in [5.74, 6) is 2.40. The number of hydrogen-bond donors (Lipinski definition) is 1. The Morgan fingerprint density at radius 1 is 0.955 bits per heavy atom. The fraction of sp³-hybridized carbons (Fsp3) is 0.850. The molecule has 2 fully saturated rings. The van der Waals surface area contributed by atoms with Gasteiger partial charge in [-0.3, -0.25) is 0 Å². The average molecular weight is 306 g/mol. The maximum atomic E-state index is 11.4. The van der Waals surface area contributed by atoms with Gasteiger partial charge in [-0.2, -0.15) is 0 Å². The zero-order valence-electron chi connectivity index (χ0n) is 14.5. The Bertz CT molecular complexity index is 369. The van der Waals surface area contributed by atoms with Gasteiger partial charge in [-0.15, -0.1) is 0 Å². The molecule has 0 heterocycles. The summed E-state index contributed by atoms with van der Waals surface area (Å²) < 4.78 is 0. The molecule has 2 heteroatoms. The lowest BCUT2D eigenvalue weighted by molar-refractivity contribution is -0.133. The van der Waals surface area contributed by atoms with Crippen molar-refractivity contribution in [2.75, 3.05) is 0 Å². The second-order valence-corrected chi connectivity index (χ2v) is 7.79. The van der Waals surface area contributed by atoms with Crippen LogP contribution >= 0.6 is 0 Å². The standard InChI is InChI=1S/C20H34O2/c1-3-4-19(20(21)22)18-13-11-17(12-14-18)10-9-16-7-5-15(2)6-8-16/h4,15-18H,3,5-14H2,1-2H3,(H,21,22)/t15-,16-,17-,18-. The van der Waals surface area contributed by atoms with Crippen molar-refractivity contribution in [3.63, 3.8) is 0 Å². The molecule has 0 radical (unpaired) electrons. The van der Waals surface area contributed by atoms with Crippen LogP contribution in [0, 0.1) is 23.7 Å². The summed E-state index contributed by atoms with van der Waals surface area (Å²) >= 11 is 0. The summed E-state index contributed by atoms with van der Waals surface area (Å²) in [7, 11) is 0. The largest absolute Gasteiger partial charge is 0.478 e. The highest BCUT2D eigenvalue weighted by molar-refractivity contribution is 5.87. The Balaban J connectivity index is 1.71. The van der Waals surface area contributed by atoms with Crippen LogP contribution in [0.25, 0.3) is 0 Å². The summed E-state index contributed by atoms with van der Waals surface area (Å²) in [6.45, 7) is 4.42. The summed E-state index contributed by atoms with van der Waals surface area (Å²) in [5, 5.41) is 9.35. The van der Waals surface area contributed by atoms with Gasteiger partial charge in [0.2, 0.25) is 0 Å². The van der Waals surface area contributed by atoms with E-state index in [2.05, 4.69) is 6.92 Å². The Morgan fingerprint density at radius 3 is 1.91 bits per heavy atom. The predicted molar refractivity (Wildman–Crippen MR) is 91.8 cm³/mol. The molecular formula is C20H34O2. The van der Waals surface area contributed by atoms with E-state index >= 15 is 0 Å². The van der Waals surface area contributed by atoms with Crippen molar-refractivity contribution in [1.29, 1.82) is 0 Å². The summed E-state index contributed by atoms with van der Waals surface area (Å²) in [4.78, 5) is 11.4. The van der Waals surface area contributed by atoms with E-state index in [0.717, 1.165) is 37.0 Å². The van der Waals surface area contributed by atoms with E-state index in [-0.39, 0.29) is 0 Å². The minimum absolute atomic E-state index is 0.309. The summed E-state index contributed by atoms with van der Waals surface area (Å²) in [6.07, 6.45) is 16.0. The maximum absolute atomic E-state index is 11.4. The van der Waals surface area contributed by atoms with Gasteiger partial charge >= 0.3 is 5.97 Å². The van der Waals surface area contributed by atoms with Crippen LogP contribution in [0.15, 0.2) is 11.6 Å². The van der Waals surface area contributed by atoms with Crippen molar-refractivity contribution < 1.29 is 9.90 Å². The summed E-state index contributed by atoms with van der Waals surface area (Å²) in [6, 6.07) is 0. The fourth-order valence-corrected chi connectivity index (χ4v) is 4.50. The minimum atomic E-state index is -0.693. The SMILES string of the molecule is CCC=C(C(=O)O)[C@H]1CC[C@H](CC[C@H]2CC[C@H](C)CC2)CC1. The number of carboxylic acids is 1. The van der Waals surface area contributed by atoms with Crippen LogP contribution in [0.4, 0.5) is 0 Å². The lowest BCUT2D eigenvalue weighted by Crippen LogP contribution is -2.21. The fourth-order valence-electron chi connectivity index (χ4n) is 4.50. The molecule has 2 aliphatic rings. The molecule has 0 aliphatic heterocycles. The van der Waals surface area contributed by atoms with Crippen LogP contribution in [-0.2, 0) is 4.79 Å². The van der Waals surface area contributed by atoms with Gasteiger partial charge in [0, 0.05) is 5.57 Å². The number of hydrogen-bond acceptors (Lipinski definition) is 1. The van der Waals surface area contributed by atoms with Crippen LogP contribution in [0.1, 0.15) is 84.5 Å². The molecule has 0 saturated heterocycles. The predicted octanol–water partition coefficient (Wildman–Crippen LogP) is 5.82. The molecule has 2 saturated carbocycles. The molecule has 126 valence electrons. The lowest BCUT2D eigenvalue weighted by atomic mass is 9.74. The Kier molecular flexibility index (Phi) is 6.98. The molecule has 0 atom stereocenters. The van der Waals surface area contributed by atoms with Crippen molar-refractivity contribution in [2.45, 2.75) is 84.5 Å². The Morgan fingerprint density at radius 2 is 1.45 bits per heavy atom. The molecule has 0 bridgehead atoms. The van der Waals surface area contributed by atoms with Crippen molar-refractivity contribution >= 4 is 5.97 Å².